The van der Waals surface area contributed by atoms with Gasteiger partial charge in [-0.05, 0) is 30.3 Å². The van der Waals surface area contributed by atoms with Crippen molar-refractivity contribution in [3.05, 3.63) is 73.2 Å². The molecule has 0 saturated carbocycles. The lowest BCUT2D eigenvalue weighted by molar-refractivity contribution is 0.484. The van der Waals surface area contributed by atoms with Gasteiger partial charge in [0.1, 0.15) is 16.3 Å². The first kappa shape index (κ1) is 18.7. The lowest BCUT2D eigenvalue weighted by Gasteiger charge is -2.09. The average Bonchev–Trinajstić information content (AvgIpc) is 2.73. The number of nitrogens with zero attached hydrogens (tertiary/aromatic N) is 4. The number of pyridine rings is 2. The quantitative estimate of drug-likeness (QED) is 0.291. The van der Waals surface area contributed by atoms with E-state index in [1.54, 1.807) is 61.1 Å². The van der Waals surface area contributed by atoms with E-state index in [1.807, 2.05) is 6.07 Å². The van der Waals surface area contributed by atoms with Crippen molar-refractivity contribution in [2.45, 2.75) is 4.90 Å². The second-order valence-electron chi connectivity index (χ2n) is 6.14. The van der Waals surface area contributed by atoms with Gasteiger partial charge in [-0.15, -0.1) is 10.2 Å². The Balaban J connectivity index is 1.86. The summed E-state index contributed by atoms with van der Waals surface area (Å²) in [5, 5.41) is 9.14. The molecule has 0 saturated heterocycles. The molecule has 0 aliphatic rings. The Morgan fingerprint density at radius 1 is 0.897 bits per heavy atom. The first-order valence-corrected chi connectivity index (χ1v) is 9.95. The molecule has 0 amide bonds. The van der Waals surface area contributed by atoms with Crippen molar-refractivity contribution in [1.82, 2.24) is 9.97 Å². The zero-order chi connectivity index (χ0) is 20.4. The molecule has 3 N–H and O–H groups in total. The van der Waals surface area contributed by atoms with E-state index in [9.17, 15) is 13.0 Å². The number of hydrogen-bond donors (Lipinski definition) is 2. The SMILES string of the molecule is Nc1c(N=Nc2cccnc2-c2cccnc2)cc(S(=O)(=O)O)c2ccccc12. The highest BCUT2D eigenvalue weighted by Gasteiger charge is 2.18. The fourth-order valence-corrected chi connectivity index (χ4v) is 3.67. The third-order valence-corrected chi connectivity index (χ3v) is 5.18. The molecule has 0 fully saturated rings. The van der Waals surface area contributed by atoms with Crippen molar-refractivity contribution < 1.29 is 13.0 Å². The van der Waals surface area contributed by atoms with Gasteiger partial charge in [0, 0.05) is 34.9 Å². The standard InChI is InChI=1S/C20H15N5O3S/c21-19-15-7-2-1-6-14(15)18(29(26,27)28)11-17(19)25-24-16-8-4-10-23-20(16)13-5-3-9-22-12-13/h1-12H,21H2,(H,26,27,28). The number of rotatable bonds is 4. The van der Waals surface area contributed by atoms with Crippen molar-refractivity contribution in [2.75, 3.05) is 5.73 Å². The minimum Gasteiger partial charge on any atom is -0.396 e. The highest BCUT2D eigenvalue weighted by molar-refractivity contribution is 7.86. The first-order chi connectivity index (χ1) is 13.9. The van der Waals surface area contributed by atoms with Crippen LogP contribution in [0.25, 0.3) is 22.0 Å². The van der Waals surface area contributed by atoms with E-state index in [1.165, 1.54) is 6.07 Å². The van der Waals surface area contributed by atoms with Gasteiger partial charge < -0.3 is 5.73 Å². The van der Waals surface area contributed by atoms with Gasteiger partial charge in [0.15, 0.2) is 0 Å². The van der Waals surface area contributed by atoms with Crippen LogP contribution in [0.4, 0.5) is 17.1 Å². The molecule has 2 aromatic heterocycles. The van der Waals surface area contributed by atoms with E-state index in [2.05, 4.69) is 20.2 Å². The molecule has 0 atom stereocenters. The van der Waals surface area contributed by atoms with Crippen LogP contribution in [0.1, 0.15) is 0 Å². The van der Waals surface area contributed by atoms with E-state index in [0.717, 1.165) is 5.56 Å². The molecule has 4 aromatic rings. The summed E-state index contributed by atoms with van der Waals surface area (Å²) in [6, 6.07) is 14.9. The average molecular weight is 405 g/mol. The van der Waals surface area contributed by atoms with Crippen molar-refractivity contribution in [2.24, 2.45) is 10.2 Å². The Bertz CT molecular complexity index is 1340. The second kappa shape index (κ2) is 7.38. The molecule has 0 radical (unpaired) electrons. The normalized spacial score (nSPS) is 11.9. The topological polar surface area (TPSA) is 131 Å². The summed E-state index contributed by atoms with van der Waals surface area (Å²) in [7, 11) is -4.48. The van der Waals surface area contributed by atoms with E-state index >= 15 is 0 Å². The molecule has 4 rings (SSSR count). The molecule has 0 aliphatic carbocycles. The maximum Gasteiger partial charge on any atom is 0.295 e. The molecule has 0 unspecified atom stereocenters. The molecule has 0 bridgehead atoms. The third-order valence-electron chi connectivity index (χ3n) is 4.29. The van der Waals surface area contributed by atoms with Crippen LogP contribution in [0.15, 0.2) is 88.3 Å². The molecular weight excluding hydrogens is 390 g/mol. The number of anilines is 1. The fourth-order valence-electron chi connectivity index (χ4n) is 2.96. The molecule has 2 aromatic carbocycles. The van der Waals surface area contributed by atoms with Crippen LogP contribution >= 0.6 is 0 Å². The van der Waals surface area contributed by atoms with Gasteiger partial charge in [-0.25, -0.2) is 0 Å². The second-order valence-corrected chi connectivity index (χ2v) is 7.53. The molecule has 0 aliphatic heterocycles. The van der Waals surface area contributed by atoms with Crippen molar-refractivity contribution >= 4 is 38.0 Å². The Kier molecular flexibility index (Phi) is 4.75. The number of fused-ring (bicyclic) bond motifs is 1. The highest BCUT2D eigenvalue weighted by atomic mass is 32.2. The van der Waals surface area contributed by atoms with Gasteiger partial charge in [0.05, 0.1) is 11.4 Å². The summed E-state index contributed by atoms with van der Waals surface area (Å²) < 4.78 is 33.3. The van der Waals surface area contributed by atoms with Crippen LogP contribution < -0.4 is 5.73 Å². The molecule has 144 valence electrons. The number of aromatic nitrogens is 2. The number of nitrogen functional groups attached to an aromatic ring is 1. The maximum absolute atomic E-state index is 11.8. The number of hydrogen-bond acceptors (Lipinski definition) is 7. The Morgan fingerprint density at radius 2 is 1.62 bits per heavy atom. The van der Waals surface area contributed by atoms with Gasteiger partial charge in [0.2, 0.25) is 0 Å². The van der Waals surface area contributed by atoms with Crippen molar-refractivity contribution in [3.63, 3.8) is 0 Å². The summed E-state index contributed by atoms with van der Waals surface area (Å²) in [5.74, 6) is 0. The van der Waals surface area contributed by atoms with Gasteiger partial charge >= 0.3 is 0 Å². The Labute approximate surface area is 166 Å². The zero-order valence-corrected chi connectivity index (χ0v) is 15.8. The van der Waals surface area contributed by atoms with E-state index < -0.39 is 10.1 Å². The van der Waals surface area contributed by atoms with Crippen LogP contribution in [-0.2, 0) is 10.1 Å². The summed E-state index contributed by atoms with van der Waals surface area (Å²) in [4.78, 5) is 8.13. The van der Waals surface area contributed by atoms with E-state index in [4.69, 9.17) is 5.73 Å². The maximum atomic E-state index is 11.8. The van der Waals surface area contributed by atoms with Crippen molar-refractivity contribution in [3.8, 4) is 11.3 Å². The lowest BCUT2D eigenvalue weighted by atomic mass is 10.1. The van der Waals surface area contributed by atoms with Crippen LogP contribution in [0, 0.1) is 0 Å². The van der Waals surface area contributed by atoms with Crippen LogP contribution in [0.2, 0.25) is 0 Å². The summed E-state index contributed by atoms with van der Waals surface area (Å²) in [6.07, 6.45) is 4.94. The van der Waals surface area contributed by atoms with Gasteiger partial charge in [0.25, 0.3) is 10.1 Å². The predicted molar refractivity (Wildman–Crippen MR) is 110 cm³/mol. The van der Waals surface area contributed by atoms with Gasteiger partial charge in [-0.1, -0.05) is 24.3 Å². The van der Waals surface area contributed by atoms with Crippen molar-refractivity contribution in [1.29, 1.82) is 0 Å². The number of nitrogens with two attached hydrogens (primary N) is 1. The highest BCUT2D eigenvalue weighted by Crippen LogP contribution is 2.37. The van der Waals surface area contributed by atoms with Gasteiger partial charge in [-0.3, -0.25) is 14.5 Å². The summed E-state index contributed by atoms with van der Waals surface area (Å²) >= 11 is 0. The Morgan fingerprint density at radius 3 is 2.34 bits per heavy atom. The summed E-state index contributed by atoms with van der Waals surface area (Å²) in [6.45, 7) is 0. The lowest BCUT2D eigenvalue weighted by Crippen LogP contribution is -2.01. The van der Waals surface area contributed by atoms with Crippen LogP contribution in [0.5, 0.6) is 0 Å². The minimum absolute atomic E-state index is 0.123. The number of azo groups is 1. The summed E-state index contributed by atoms with van der Waals surface area (Å²) in [5.41, 5.74) is 8.35. The van der Waals surface area contributed by atoms with E-state index in [-0.39, 0.29) is 16.3 Å². The van der Waals surface area contributed by atoms with E-state index in [0.29, 0.717) is 22.2 Å². The monoisotopic (exact) mass is 405 g/mol. The predicted octanol–water partition coefficient (Wildman–Crippen LogP) is 4.54. The van der Waals surface area contributed by atoms with Crippen LogP contribution in [-0.4, -0.2) is 22.9 Å². The number of benzene rings is 2. The molecule has 2 heterocycles. The largest absolute Gasteiger partial charge is 0.396 e. The minimum atomic E-state index is -4.48. The fraction of sp³-hybridized carbons (Fsp3) is 0. The molecule has 29 heavy (non-hydrogen) atoms. The first-order valence-electron chi connectivity index (χ1n) is 8.51. The Hall–Kier alpha value is -3.69. The molecule has 0 spiro atoms. The van der Waals surface area contributed by atoms with Gasteiger partial charge in [-0.2, -0.15) is 8.42 Å². The molecular formula is C20H15N5O3S. The molecule has 9 heteroatoms. The smallest absolute Gasteiger partial charge is 0.295 e. The zero-order valence-electron chi connectivity index (χ0n) is 15.0. The molecule has 8 nitrogen and oxygen atoms in total. The van der Waals surface area contributed by atoms with Crippen LogP contribution in [0.3, 0.4) is 0 Å². The third kappa shape index (κ3) is 3.68.